The number of ether oxygens (including phenoxy) is 1. The molecule has 0 spiro atoms. The number of amides is 1. The van der Waals surface area contributed by atoms with Gasteiger partial charge >= 0.3 is 0 Å². The number of hydrogen-bond acceptors (Lipinski definition) is 3. The first-order chi connectivity index (χ1) is 10.6. The van der Waals surface area contributed by atoms with E-state index in [2.05, 4.69) is 10.2 Å². The number of halogens is 1. The summed E-state index contributed by atoms with van der Waals surface area (Å²) < 4.78 is 5.44. The lowest BCUT2D eigenvalue weighted by Crippen LogP contribution is -2.44. The van der Waals surface area contributed by atoms with Crippen molar-refractivity contribution in [2.24, 2.45) is 5.92 Å². The highest BCUT2D eigenvalue weighted by Crippen LogP contribution is 2.27. The first kappa shape index (κ1) is 17.3. The van der Waals surface area contributed by atoms with E-state index >= 15 is 0 Å². The zero-order valence-corrected chi connectivity index (χ0v) is 14.1. The Morgan fingerprint density at radius 1 is 1.36 bits per heavy atom. The van der Waals surface area contributed by atoms with Crippen LogP contribution in [-0.4, -0.2) is 43.7 Å². The summed E-state index contributed by atoms with van der Waals surface area (Å²) >= 11 is 6.37. The fourth-order valence-electron chi connectivity index (χ4n) is 2.63. The summed E-state index contributed by atoms with van der Waals surface area (Å²) in [4.78, 5) is 14.4. The lowest BCUT2D eigenvalue weighted by atomic mass is 10.0. The summed E-state index contributed by atoms with van der Waals surface area (Å²) in [6.45, 7) is 7.71. The minimum absolute atomic E-state index is 0.0385. The van der Waals surface area contributed by atoms with Gasteiger partial charge in [-0.3, -0.25) is 9.69 Å². The van der Waals surface area contributed by atoms with Crippen LogP contribution >= 0.6 is 11.6 Å². The summed E-state index contributed by atoms with van der Waals surface area (Å²) in [6.07, 6.45) is 0.847. The fraction of sp³-hybridized carbons (Fsp3) is 0.588. The molecule has 1 N–H and O–H groups in total. The molecular formula is C17H25ClN2O2. The molecule has 1 heterocycles. The molecule has 4 nitrogen and oxygen atoms in total. The van der Waals surface area contributed by atoms with Crippen LogP contribution in [-0.2, 0) is 9.53 Å². The van der Waals surface area contributed by atoms with E-state index in [1.165, 1.54) is 0 Å². The maximum absolute atomic E-state index is 12.1. The number of hydrogen-bond donors (Lipinski definition) is 1. The second-order valence-electron chi connectivity index (χ2n) is 5.74. The number of carbonyl (C=O) groups is 1. The van der Waals surface area contributed by atoms with Crippen LogP contribution in [0.5, 0.6) is 0 Å². The molecule has 22 heavy (non-hydrogen) atoms. The first-order valence-corrected chi connectivity index (χ1v) is 8.35. The molecule has 5 heteroatoms. The zero-order chi connectivity index (χ0) is 15.9. The van der Waals surface area contributed by atoms with Gasteiger partial charge in [0.25, 0.3) is 0 Å². The van der Waals surface area contributed by atoms with Gasteiger partial charge < -0.3 is 10.1 Å². The molecule has 2 atom stereocenters. The van der Waals surface area contributed by atoms with Gasteiger partial charge in [-0.05, 0) is 18.1 Å². The van der Waals surface area contributed by atoms with Crippen molar-refractivity contribution in [3.05, 3.63) is 34.9 Å². The van der Waals surface area contributed by atoms with E-state index in [1.807, 2.05) is 38.1 Å². The van der Waals surface area contributed by atoms with Gasteiger partial charge in [-0.25, -0.2) is 0 Å². The molecule has 1 aromatic rings. The number of morpholine rings is 1. The number of nitrogens with one attached hydrogen (secondary N) is 1. The molecule has 1 aliphatic rings. The van der Waals surface area contributed by atoms with E-state index in [1.54, 1.807) is 0 Å². The van der Waals surface area contributed by atoms with E-state index in [0.717, 1.165) is 43.3 Å². The highest BCUT2D eigenvalue weighted by molar-refractivity contribution is 6.31. The zero-order valence-electron chi connectivity index (χ0n) is 13.3. The topological polar surface area (TPSA) is 41.6 Å². The Kier molecular flexibility index (Phi) is 6.68. The minimum Gasteiger partial charge on any atom is -0.379 e. The molecule has 0 bridgehead atoms. The third-order valence-electron chi connectivity index (χ3n) is 4.28. The Morgan fingerprint density at radius 3 is 2.68 bits per heavy atom. The largest absolute Gasteiger partial charge is 0.379 e. The van der Waals surface area contributed by atoms with E-state index in [4.69, 9.17) is 16.3 Å². The van der Waals surface area contributed by atoms with Crippen molar-refractivity contribution in [3.8, 4) is 0 Å². The van der Waals surface area contributed by atoms with Crippen LogP contribution < -0.4 is 5.32 Å². The van der Waals surface area contributed by atoms with Gasteiger partial charge in [0.15, 0.2) is 0 Å². The fourth-order valence-corrected chi connectivity index (χ4v) is 2.89. The third-order valence-corrected chi connectivity index (χ3v) is 4.62. The normalized spacial score (nSPS) is 18.7. The van der Waals surface area contributed by atoms with Gasteiger partial charge in [0.05, 0.1) is 19.3 Å². The highest BCUT2D eigenvalue weighted by Gasteiger charge is 2.25. The third kappa shape index (κ3) is 4.45. The van der Waals surface area contributed by atoms with Crippen LogP contribution in [0.3, 0.4) is 0 Å². The number of carbonyl (C=O) groups excluding carboxylic acids is 1. The molecule has 0 saturated carbocycles. The van der Waals surface area contributed by atoms with Crippen LogP contribution in [0.1, 0.15) is 31.9 Å². The van der Waals surface area contributed by atoms with Gasteiger partial charge in [0, 0.05) is 30.6 Å². The van der Waals surface area contributed by atoms with Crippen molar-refractivity contribution in [1.29, 1.82) is 0 Å². The standard InChI is InChI=1S/C17H25ClN2O2/c1-3-13(2)17(21)19-12-16(20-8-10-22-11-9-20)14-6-4-5-7-15(14)18/h4-7,13,16H,3,8-12H2,1-2H3,(H,19,21)/t13-,16-/m1/s1. The average Bonchev–Trinajstić information content (AvgIpc) is 2.56. The molecule has 0 unspecified atom stereocenters. The van der Waals surface area contributed by atoms with Crippen LogP contribution in [0, 0.1) is 5.92 Å². The van der Waals surface area contributed by atoms with Gasteiger partial charge in [0.2, 0.25) is 5.91 Å². The summed E-state index contributed by atoms with van der Waals surface area (Å²) in [5.41, 5.74) is 1.07. The van der Waals surface area contributed by atoms with Crippen molar-refractivity contribution in [1.82, 2.24) is 10.2 Å². The smallest absolute Gasteiger partial charge is 0.222 e. The SMILES string of the molecule is CC[C@@H](C)C(=O)NC[C@H](c1ccccc1Cl)N1CCOCC1. The second kappa shape index (κ2) is 8.51. The monoisotopic (exact) mass is 324 g/mol. The van der Waals surface area contributed by atoms with Crippen LogP contribution in [0.2, 0.25) is 5.02 Å². The van der Waals surface area contributed by atoms with Crippen molar-refractivity contribution >= 4 is 17.5 Å². The average molecular weight is 325 g/mol. The summed E-state index contributed by atoms with van der Waals surface area (Å²) in [7, 11) is 0. The maximum Gasteiger partial charge on any atom is 0.222 e. The van der Waals surface area contributed by atoms with Crippen molar-refractivity contribution in [2.45, 2.75) is 26.3 Å². The Morgan fingerprint density at radius 2 is 2.05 bits per heavy atom. The molecule has 1 aromatic carbocycles. The molecular weight excluding hydrogens is 300 g/mol. The highest BCUT2D eigenvalue weighted by atomic mass is 35.5. The van der Waals surface area contributed by atoms with Crippen LogP contribution in [0.4, 0.5) is 0 Å². The molecule has 1 saturated heterocycles. The number of nitrogens with zero attached hydrogens (tertiary/aromatic N) is 1. The molecule has 0 radical (unpaired) electrons. The maximum atomic E-state index is 12.1. The predicted octanol–water partition coefficient (Wildman–Crippen LogP) is 2.88. The quantitative estimate of drug-likeness (QED) is 0.875. The van der Waals surface area contributed by atoms with Crippen molar-refractivity contribution in [3.63, 3.8) is 0 Å². The van der Waals surface area contributed by atoms with Crippen molar-refractivity contribution < 1.29 is 9.53 Å². The van der Waals surface area contributed by atoms with E-state index in [-0.39, 0.29) is 17.9 Å². The van der Waals surface area contributed by atoms with E-state index in [9.17, 15) is 4.79 Å². The lowest BCUT2D eigenvalue weighted by Gasteiger charge is -2.35. The molecule has 0 aromatic heterocycles. The molecule has 1 fully saturated rings. The Balaban J connectivity index is 2.11. The predicted molar refractivity (Wildman–Crippen MR) is 89.0 cm³/mol. The first-order valence-electron chi connectivity index (χ1n) is 7.97. The van der Waals surface area contributed by atoms with E-state index < -0.39 is 0 Å². The van der Waals surface area contributed by atoms with Crippen molar-refractivity contribution in [2.75, 3.05) is 32.8 Å². The second-order valence-corrected chi connectivity index (χ2v) is 6.15. The molecule has 0 aliphatic carbocycles. The van der Waals surface area contributed by atoms with Crippen LogP contribution in [0.25, 0.3) is 0 Å². The summed E-state index contributed by atoms with van der Waals surface area (Å²) in [6, 6.07) is 7.95. The molecule has 2 rings (SSSR count). The Labute approximate surface area is 137 Å². The Bertz CT molecular complexity index is 489. The lowest BCUT2D eigenvalue weighted by molar-refractivity contribution is -0.124. The molecule has 1 aliphatic heterocycles. The minimum atomic E-state index is 0.0385. The van der Waals surface area contributed by atoms with Gasteiger partial charge in [-0.1, -0.05) is 43.6 Å². The van der Waals surface area contributed by atoms with E-state index in [0.29, 0.717) is 6.54 Å². The number of rotatable bonds is 6. The van der Waals surface area contributed by atoms with Gasteiger partial charge in [0.1, 0.15) is 0 Å². The number of benzene rings is 1. The molecule has 1 amide bonds. The Hall–Kier alpha value is -1.10. The summed E-state index contributed by atoms with van der Waals surface area (Å²) in [5, 5.41) is 3.82. The van der Waals surface area contributed by atoms with Gasteiger partial charge in [-0.2, -0.15) is 0 Å². The molecule has 122 valence electrons. The summed E-state index contributed by atoms with van der Waals surface area (Å²) in [5.74, 6) is 0.143. The van der Waals surface area contributed by atoms with Gasteiger partial charge in [-0.15, -0.1) is 0 Å². The van der Waals surface area contributed by atoms with Crippen LogP contribution in [0.15, 0.2) is 24.3 Å².